The first kappa shape index (κ1) is 22.2. The number of nitrogens with zero attached hydrogens (tertiary/aromatic N) is 1. The second-order valence-electron chi connectivity index (χ2n) is 6.58. The highest BCUT2D eigenvalue weighted by Gasteiger charge is 2.35. The van der Waals surface area contributed by atoms with Gasteiger partial charge in [-0.2, -0.15) is 0 Å². The maximum atomic E-state index is 12.5. The lowest BCUT2D eigenvalue weighted by Gasteiger charge is -2.33. The van der Waals surface area contributed by atoms with Crippen molar-refractivity contribution in [3.63, 3.8) is 0 Å². The number of methoxy groups -OCH3 is 1. The molecule has 0 aromatic heterocycles. The highest BCUT2D eigenvalue weighted by Crippen LogP contribution is 2.26. The lowest BCUT2D eigenvalue weighted by atomic mass is 9.86. The zero-order valence-electron chi connectivity index (χ0n) is 16.6. The van der Waals surface area contributed by atoms with Crippen LogP contribution in [0.3, 0.4) is 0 Å². The van der Waals surface area contributed by atoms with Crippen LogP contribution in [-0.4, -0.2) is 49.6 Å². The summed E-state index contributed by atoms with van der Waals surface area (Å²) >= 11 is 0. The average Bonchev–Trinajstić information content (AvgIpc) is 2.66. The zero-order chi connectivity index (χ0) is 19.9. The quantitative estimate of drug-likeness (QED) is 0.510. The minimum absolute atomic E-state index is 0.215. The Morgan fingerprint density at radius 1 is 1.23 bits per heavy atom. The van der Waals surface area contributed by atoms with E-state index in [1.54, 1.807) is 28.0 Å². The van der Waals surface area contributed by atoms with E-state index in [2.05, 4.69) is 6.58 Å². The minimum atomic E-state index is -0.765. The van der Waals surface area contributed by atoms with E-state index < -0.39 is 18.1 Å². The van der Waals surface area contributed by atoms with Crippen molar-refractivity contribution < 1.29 is 24.2 Å². The van der Waals surface area contributed by atoms with Gasteiger partial charge in [0.2, 0.25) is 0 Å². The Kier molecular flexibility index (Phi) is 8.78. The van der Waals surface area contributed by atoms with Crippen LogP contribution in [0, 0.1) is 11.8 Å². The molecule has 1 aromatic rings. The number of benzene rings is 1. The van der Waals surface area contributed by atoms with E-state index in [0.29, 0.717) is 12.2 Å². The highest BCUT2D eigenvalue weighted by molar-refractivity contribution is 5.77. The molecule has 0 heterocycles. The topological polar surface area (TPSA) is 68.2 Å². The fourth-order valence-corrected chi connectivity index (χ4v) is 2.81. The highest BCUT2D eigenvalue weighted by atomic mass is 16.7. The number of carbonyl (C=O) groups excluding carboxylic acids is 1. The van der Waals surface area contributed by atoms with Crippen LogP contribution in [0.4, 0.5) is 0 Å². The van der Waals surface area contributed by atoms with Crippen LogP contribution >= 0.6 is 0 Å². The third-order valence-electron chi connectivity index (χ3n) is 4.59. The number of aliphatic hydroxyl groups is 1. The SMILES string of the molecule is C=C(C)[C@@H](O)[C@H](C)[C@H](OCc1ccc(OC)cc1)[C@@H](C)C(=O)N(C)OC. The molecule has 0 aliphatic heterocycles. The van der Waals surface area contributed by atoms with Gasteiger partial charge < -0.3 is 14.6 Å². The van der Waals surface area contributed by atoms with Crippen LogP contribution in [0.15, 0.2) is 36.4 Å². The van der Waals surface area contributed by atoms with E-state index >= 15 is 0 Å². The van der Waals surface area contributed by atoms with Crippen molar-refractivity contribution in [1.82, 2.24) is 5.06 Å². The average molecular weight is 365 g/mol. The second kappa shape index (κ2) is 10.3. The first-order valence-electron chi connectivity index (χ1n) is 8.62. The number of hydroxylamine groups is 2. The Morgan fingerprint density at radius 2 is 1.81 bits per heavy atom. The van der Waals surface area contributed by atoms with Gasteiger partial charge in [0, 0.05) is 13.0 Å². The number of carbonyl (C=O) groups is 1. The molecule has 26 heavy (non-hydrogen) atoms. The molecule has 146 valence electrons. The lowest BCUT2D eigenvalue weighted by Crippen LogP contribution is -2.44. The number of ether oxygens (including phenoxy) is 2. The van der Waals surface area contributed by atoms with Crippen LogP contribution in [-0.2, 0) is 21.0 Å². The first-order valence-corrected chi connectivity index (χ1v) is 8.62. The van der Waals surface area contributed by atoms with Gasteiger partial charge in [-0.15, -0.1) is 0 Å². The van der Waals surface area contributed by atoms with Crippen LogP contribution in [0.2, 0.25) is 0 Å². The van der Waals surface area contributed by atoms with E-state index in [-0.39, 0.29) is 11.8 Å². The molecule has 1 amide bonds. The van der Waals surface area contributed by atoms with E-state index in [1.165, 1.54) is 12.2 Å². The summed E-state index contributed by atoms with van der Waals surface area (Å²) in [5.74, 6) is -0.258. The molecular weight excluding hydrogens is 334 g/mol. The normalized spacial score (nSPS) is 15.7. The molecule has 0 saturated carbocycles. The fourth-order valence-electron chi connectivity index (χ4n) is 2.81. The zero-order valence-corrected chi connectivity index (χ0v) is 16.6. The van der Waals surface area contributed by atoms with Gasteiger partial charge >= 0.3 is 0 Å². The van der Waals surface area contributed by atoms with Gasteiger partial charge in [0.1, 0.15) is 5.75 Å². The molecule has 0 radical (unpaired) electrons. The van der Waals surface area contributed by atoms with E-state index in [4.69, 9.17) is 14.3 Å². The number of hydrogen-bond donors (Lipinski definition) is 1. The Hall–Kier alpha value is -1.89. The predicted octanol–water partition coefficient (Wildman–Crippen LogP) is 2.81. The molecule has 6 heteroatoms. The predicted molar refractivity (Wildman–Crippen MR) is 100 cm³/mol. The van der Waals surface area contributed by atoms with Crippen LogP contribution in [0.5, 0.6) is 5.75 Å². The number of aliphatic hydroxyl groups excluding tert-OH is 1. The summed E-state index contributed by atoms with van der Waals surface area (Å²) in [7, 11) is 4.60. The molecule has 0 fully saturated rings. The number of hydrogen-bond acceptors (Lipinski definition) is 5. The van der Waals surface area contributed by atoms with E-state index in [9.17, 15) is 9.90 Å². The standard InChI is InChI=1S/C20H31NO5/c1-13(2)18(22)14(3)19(15(4)20(23)21(5)25-7)26-12-16-8-10-17(24-6)11-9-16/h8-11,14-15,18-19,22H,1,12H2,2-7H3/t14-,15+,18+,19-/m0/s1. The molecule has 6 nitrogen and oxygen atoms in total. The fraction of sp³-hybridized carbons (Fsp3) is 0.550. The molecular formula is C20H31NO5. The number of rotatable bonds is 10. The Morgan fingerprint density at radius 3 is 2.27 bits per heavy atom. The van der Waals surface area contributed by atoms with Crippen molar-refractivity contribution in [3.8, 4) is 5.75 Å². The van der Waals surface area contributed by atoms with Crippen molar-refractivity contribution in [2.75, 3.05) is 21.3 Å². The number of amides is 1. The molecule has 0 unspecified atom stereocenters. The van der Waals surface area contributed by atoms with Gasteiger partial charge in [-0.05, 0) is 24.6 Å². The third-order valence-corrected chi connectivity index (χ3v) is 4.59. The van der Waals surface area contributed by atoms with Gasteiger partial charge in [0.25, 0.3) is 5.91 Å². The minimum Gasteiger partial charge on any atom is -0.497 e. The van der Waals surface area contributed by atoms with Crippen LogP contribution in [0.1, 0.15) is 26.3 Å². The van der Waals surface area contributed by atoms with Gasteiger partial charge in [0.15, 0.2) is 0 Å². The van der Waals surface area contributed by atoms with Crippen molar-refractivity contribution in [3.05, 3.63) is 42.0 Å². The summed E-state index contributed by atoms with van der Waals surface area (Å²) < 4.78 is 11.2. The van der Waals surface area contributed by atoms with Crippen LogP contribution in [0.25, 0.3) is 0 Å². The summed E-state index contributed by atoms with van der Waals surface area (Å²) in [4.78, 5) is 17.5. The van der Waals surface area contributed by atoms with Crippen molar-refractivity contribution >= 4 is 5.91 Å². The summed E-state index contributed by atoms with van der Waals surface area (Å²) in [6.45, 7) is 9.52. The van der Waals surface area contributed by atoms with E-state index in [0.717, 1.165) is 11.3 Å². The molecule has 1 aromatic carbocycles. The van der Waals surface area contributed by atoms with Gasteiger partial charge in [-0.25, -0.2) is 5.06 Å². The monoisotopic (exact) mass is 365 g/mol. The smallest absolute Gasteiger partial charge is 0.251 e. The van der Waals surface area contributed by atoms with E-state index in [1.807, 2.05) is 31.2 Å². The van der Waals surface area contributed by atoms with Gasteiger partial charge in [-0.1, -0.05) is 38.1 Å². The Balaban J connectivity index is 2.94. The molecule has 0 bridgehead atoms. The molecule has 1 rings (SSSR count). The Labute approximate surface area is 156 Å². The van der Waals surface area contributed by atoms with Crippen LogP contribution < -0.4 is 4.74 Å². The van der Waals surface area contributed by atoms with Crippen molar-refractivity contribution in [1.29, 1.82) is 0 Å². The second-order valence-corrected chi connectivity index (χ2v) is 6.58. The van der Waals surface area contributed by atoms with Crippen molar-refractivity contribution in [2.24, 2.45) is 11.8 Å². The van der Waals surface area contributed by atoms with Gasteiger partial charge in [-0.3, -0.25) is 9.63 Å². The molecule has 4 atom stereocenters. The first-order chi connectivity index (χ1) is 12.2. The summed E-state index contributed by atoms with van der Waals surface area (Å²) in [5.41, 5.74) is 1.59. The largest absolute Gasteiger partial charge is 0.497 e. The maximum absolute atomic E-state index is 12.5. The lowest BCUT2D eigenvalue weighted by molar-refractivity contribution is -0.180. The molecule has 0 aliphatic carbocycles. The molecule has 1 N–H and O–H groups in total. The molecule has 0 saturated heterocycles. The van der Waals surface area contributed by atoms with Gasteiger partial charge in [0.05, 0.1) is 39.0 Å². The Bertz CT molecular complexity index is 586. The summed E-state index contributed by atoms with van der Waals surface area (Å²) in [6, 6.07) is 7.52. The third kappa shape index (κ3) is 5.83. The summed E-state index contributed by atoms with van der Waals surface area (Å²) in [5, 5.41) is 11.6. The maximum Gasteiger partial charge on any atom is 0.251 e. The van der Waals surface area contributed by atoms with Crippen molar-refractivity contribution in [2.45, 2.75) is 39.6 Å². The summed E-state index contributed by atoms with van der Waals surface area (Å²) in [6.07, 6.45) is -1.27. The molecule has 0 spiro atoms. The molecule has 0 aliphatic rings.